The quantitative estimate of drug-likeness (QED) is 0.278. The van der Waals surface area contributed by atoms with Gasteiger partial charge in [0, 0.05) is 23.0 Å². The fourth-order valence-corrected chi connectivity index (χ4v) is 5.17. The zero-order chi connectivity index (χ0) is 23.8. The molecule has 0 radical (unpaired) electrons. The molecule has 0 aliphatic carbocycles. The second-order valence-corrected chi connectivity index (χ2v) is 9.65. The SMILES string of the molecule is C[C@@H]1Cc2cc(C(O)=C3C(=O)C(=O)N(CCc4ccccc4)[C@H]3c3cccc(Br)c3)ccc2O1. The van der Waals surface area contributed by atoms with Gasteiger partial charge in [-0.3, -0.25) is 9.59 Å². The number of aliphatic hydroxyl groups is 1. The standard InChI is InChI=1S/C28H24BrNO4/c1-17-14-21-15-20(10-11-23(21)34-17)26(31)24-25(19-8-5-9-22(29)16-19)30(28(33)27(24)32)13-12-18-6-3-2-4-7-18/h2-11,15-17,25,31H,12-14H2,1H3/t17-,25+/m1/s1. The molecule has 0 bridgehead atoms. The second-order valence-electron chi connectivity index (χ2n) is 8.74. The van der Waals surface area contributed by atoms with E-state index in [9.17, 15) is 14.7 Å². The van der Waals surface area contributed by atoms with Gasteiger partial charge in [-0.1, -0.05) is 58.4 Å². The molecule has 2 heterocycles. The monoisotopic (exact) mass is 517 g/mol. The Morgan fingerprint density at radius 3 is 2.62 bits per heavy atom. The molecule has 0 spiro atoms. The minimum Gasteiger partial charge on any atom is -0.507 e. The molecule has 6 heteroatoms. The first-order valence-corrected chi connectivity index (χ1v) is 12.1. The van der Waals surface area contributed by atoms with Gasteiger partial charge >= 0.3 is 0 Å². The first-order valence-electron chi connectivity index (χ1n) is 11.3. The number of ketones is 1. The van der Waals surface area contributed by atoms with Gasteiger partial charge in [-0.25, -0.2) is 0 Å². The average Bonchev–Trinajstić information content (AvgIpc) is 3.33. The Bertz CT molecular complexity index is 1300. The van der Waals surface area contributed by atoms with E-state index in [4.69, 9.17) is 4.74 Å². The molecule has 1 saturated heterocycles. The Kier molecular flexibility index (Phi) is 6.00. The molecule has 0 aromatic heterocycles. The van der Waals surface area contributed by atoms with Gasteiger partial charge in [-0.15, -0.1) is 0 Å². The van der Waals surface area contributed by atoms with Gasteiger partial charge in [0.25, 0.3) is 11.7 Å². The van der Waals surface area contributed by atoms with E-state index >= 15 is 0 Å². The normalized spacial score (nSPS) is 20.9. The maximum absolute atomic E-state index is 13.3. The fraction of sp³-hybridized carbons (Fsp3) is 0.214. The average molecular weight is 518 g/mol. The summed E-state index contributed by atoms with van der Waals surface area (Å²) >= 11 is 3.50. The number of halogens is 1. The van der Waals surface area contributed by atoms with E-state index < -0.39 is 17.7 Å². The summed E-state index contributed by atoms with van der Waals surface area (Å²) in [6.45, 7) is 2.35. The summed E-state index contributed by atoms with van der Waals surface area (Å²) < 4.78 is 6.60. The third kappa shape index (κ3) is 4.14. The zero-order valence-electron chi connectivity index (χ0n) is 18.7. The van der Waals surface area contributed by atoms with Crippen molar-refractivity contribution in [2.24, 2.45) is 0 Å². The van der Waals surface area contributed by atoms with Crippen LogP contribution in [-0.4, -0.2) is 34.3 Å². The highest BCUT2D eigenvalue weighted by Gasteiger charge is 2.46. The van der Waals surface area contributed by atoms with Gasteiger partial charge in [0.05, 0.1) is 11.6 Å². The number of amides is 1. The minimum atomic E-state index is -0.676. The molecule has 3 aromatic rings. The number of carbonyl (C=O) groups is 2. The summed E-state index contributed by atoms with van der Waals surface area (Å²) in [4.78, 5) is 28.0. The molecule has 2 atom stereocenters. The molecule has 0 unspecified atom stereocenters. The zero-order valence-corrected chi connectivity index (χ0v) is 20.3. The number of carbonyl (C=O) groups excluding carboxylic acids is 2. The van der Waals surface area contributed by atoms with Crippen molar-refractivity contribution >= 4 is 33.4 Å². The van der Waals surface area contributed by atoms with Crippen LogP contribution in [0.4, 0.5) is 0 Å². The van der Waals surface area contributed by atoms with Gasteiger partial charge < -0.3 is 14.7 Å². The molecule has 1 fully saturated rings. The number of hydrogen-bond acceptors (Lipinski definition) is 4. The fourth-order valence-electron chi connectivity index (χ4n) is 4.75. The van der Waals surface area contributed by atoms with Crippen molar-refractivity contribution in [2.75, 3.05) is 6.54 Å². The van der Waals surface area contributed by atoms with Crippen LogP contribution in [0.5, 0.6) is 5.75 Å². The molecular weight excluding hydrogens is 494 g/mol. The third-order valence-corrected chi connectivity index (χ3v) is 6.85. The van der Waals surface area contributed by atoms with E-state index in [0.29, 0.717) is 18.5 Å². The lowest BCUT2D eigenvalue weighted by Crippen LogP contribution is -2.31. The van der Waals surface area contributed by atoms with E-state index in [1.54, 1.807) is 11.0 Å². The predicted molar refractivity (Wildman–Crippen MR) is 134 cm³/mol. The molecule has 34 heavy (non-hydrogen) atoms. The number of Topliss-reactive ketones (excluding diaryl/α,β-unsaturated/α-hetero) is 1. The van der Waals surface area contributed by atoms with Crippen LogP contribution < -0.4 is 4.74 Å². The Morgan fingerprint density at radius 1 is 1.06 bits per heavy atom. The number of benzene rings is 3. The van der Waals surface area contributed by atoms with Crippen LogP contribution in [0.2, 0.25) is 0 Å². The summed E-state index contributed by atoms with van der Waals surface area (Å²) in [6.07, 6.45) is 1.40. The van der Waals surface area contributed by atoms with Gasteiger partial charge in [-0.2, -0.15) is 0 Å². The summed E-state index contributed by atoms with van der Waals surface area (Å²) in [5.41, 5.74) is 3.45. The lowest BCUT2D eigenvalue weighted by molar-refractivity contribution is -0.139. The second kappa shape index (κ2) is 9.11. The molecule has 3 aromatic carbocycles. The molecule has 172 valence electrons. The number of hydrogen-bond donors (Lipinski definition) is 1. The van der Waals surface area contributed by atoms with E-state index in [1.807, 2.05) is 73.7 Å². The number of likely N-dealkylation sites (tertiary alicyclic amines) is 1. The van der Waals surface area contributed by atoms with Gasteiger partial charge in [0.2, 0.25) is 0 Å². The number of fused-ring (bicyclic) bond motifs is 1. The van der Waals surface area contributed by atoms with Gasteiger partial charge in [0.1, 0.15) is 17.6 Å². The Labute approximate surface area is 206 Å². The van der Waals surface area contributed by atoms with Crippen LogP contribution in [-0.2, 0) is 22.4 Å². The van der Waals surface area contributed by atoms with Crippen LogP contribution in [0.15, 0.2) is 82.8 Å². The van der Waals surface area contributed by atoms with Crippen molar-refractivity contribution in [1.82, 2.24) is 4.90 Å². The van der Waals surface area contributed by atoms with Gasteiger partial charge in [-0.05, 0) is 60.4 Å². The molecule has 0 saturated carbocycles. The summed E-state index contributed by atoms with van der Waals surface area (Å²) in [6, 6.07) is 22.1. The highest BCUT2D eigenvalue weighted by Crippen LogP contribution is 2.41. The van der Waals surface area contributed by atoms with E-state index in [0.717, 1.165) is 33.3 Å². The number of nitrogens with zero attached hydrogens (tertiary/aromatic N) is 1. The summed E-state index contributed by atoms with van der Waals surface area (Å²) in [5, 5.41) is 11.3. The predicted octanol–water partition coefficient (Wildman–Crippen LogP) is 5.44. The molecule has 2 aliphatic rings. The molecule has 5 nitrogen and oxygen atoms in total. The van der Waals surface area contributed by atoms with E-state index in [2.05, 4.69) is 15.9 Å². The van der Waals surface area contributed by atoms with Crippen molar-refractivity contribution in [3.05, 3.63) is 105 Å². The molecule has 2 aliphatic heterocycles. The first kappa shape index (κ1) is 22.4. The maximum atomic E-state index is 13.3. The molecule has 1 amide bonds. The molecular formula is C28H24BrNO4. The van der Waals surface area contributed by atoms with Crippen molar-refractivity contribution < 1.29 is 19.4 Å². The summed E-state index contributed by atoms with van der Waals surface area (Å²) in [5.74, 6) is -0.634. The highest BCUT2D eigenvalue weighted by atomic mass is 79.9. The van der Waals surface area contributed by atoms with E-state index in [-0.39, 0.29) is 17.4 Å². The Balaban J connectivity index is 1.58. The highest BCUT2D eigenvalue weighted by molar-refractivity contribution is 9.10. The van der Waals surface area contributed by atoms with Crippen LogP contribution in [0, 0.1) is 0 Å². The maximum Gasteiger partial charge on any atom is 0.295 e. The largest absolute Gasteiger partial charge is 0.507 e. The van der Waals surface area contributed by atoms with E-state index in [1.165, 1.54) is 0 Å². The number of ether oxygens (including phenoxy) is 1. The number of aliphatic hydroxyl groups excluding tert-OH is 1. The van der Waals surface area contributed by atoms with Crippen molar-refractivity contribution in [3.63, 3.8) is 0 Å². The van der Waals surface area contributed by atoms with Crippen molar-refractivity contribution in [2.45, 2.75) is 31.9 Å². The van der Waals surface area contributed by atoms with Crippen LogP contribution >= 0.6 is 15.9 Å². The van der Waals surface area contributed by atoms with Crippen molar-refractivity contribution in [3.8, 4) is 5.75 Å². The smallest absolute Gasteiger partial charge is 0.295 e. The third-order valence-electron chi connectivity index (χ3n) is 6.36. The minimum absolute atomic E-state index is 0.0673. The Hall–Kier alpha value is -3.38. The van der Waals surface area contributed by atoms with Crippen LogP contribution in [0.1, 0.15) is 35.2 Å². The lowest BCUT2D eigenvalue weighted by Gasteiger charge is -2.25. The topological polar surface area (TPSA) is 66.8 Å². The summed E-state index contributed by atoms with van der Waals surface area (Å²) in [7, 11) is 0. The lowest BCUT2D eigenvalue weighted by atomic mass is 9.94. The van der Waals surface area contributed by atoms with Crippen molar-refractivity contribution in [1.29, 1.82) is 0 Å². The van der Waals surface area contributed by atoms with Crippen LogP contribution in [0.25, 0.3) is 5.76 Å². The van der Waals surface area contributed by atoms with Crippen LogP contribution in [0.3, 0.4) is 0 Å². The Morgan fingerprint density at radius 2 is 1.85 bits per heavy atom. The number of rotatable bonds is 5. The molecule has 5 rings (SSSR count). The first-order chi connectivity index (χ1) is 16.4. The molecule has 1 N–H and O–H groups in total. The van der Waals surface area contributed by atoms with Gasteiger partial charge in [0.15, 0.2) is 0 Å².